The first kappa shape index (κ1) is 16.3. The van der Waals surface area contributed by atoms with Gasteiger partial charge in [0.15, 0.2) is 0 Å². The van der Waals surface area contributed by atoms with E-state index in [1.807, 2.05) is 42.6 Å². The molecule has 5 N–H and O–H groups in total. The van der Waals surface area contributed by atoms with Crippen molar-refractivity contribution in [2.24, 2.45) is 0 Å². The van der Waals surface area contributed by atoms with Gasteiger partial charge in [-0.1, -0.05) is 0 Å². The number of hydrogen-bond donors (Lipinski definition) is 5. The highest BCUT2D eigenvalue weighted by Gasteiger charge is 2.24. The number of anilines is 2. The molecule has 1 aromatic carbocycles. The van der Waals surface area contributed by atoms with Gasteiger partial charge in [-0.05, 0) is 36.4 Å². The van der Waals surface area contributed by atoms with Crippen LogP contribution in [-0.2, 0) is 4.79 Å². The van der Waals surface area contributed by atoms with Crippen molar-refractivity contribution in [2.75, 3.05) is 23.8 Å². The minimum Gasteiger partial charge on any atom is -0.394 e. The summed E-state index contributed by atoms with van der Waals surface area (Å²) in [4.78, 5) is 19.8. The van der Waals surface area contributed by atoms with Crippen LogP contribution in [0, 0.1) is 0 Å². The number of nitrogens with one attached hydrogen (secondary N) is 3. The Kier molecular flexibility index (Phi) is 4.16. The van der Waals surface area contributed by atoms with Crippen molar-refractivity contribution >= 4 is 40.0 Å². The molecule has 1 unspecified atom stereocenters. The maximum atomic E-state index is 12.4. The molecular weight excluding hydrogens is 332 g/mol. The largest absolute Gasteiger partial charge is 0.394 e. The van der Waals surface area contributed by atoms with Crippen molar-refractivity contribution in [2.45, 2.75) is 6.10 Å². The number of carbonyl (C=O) groups excluding carboxylic acids is 1. The molecule has 7 nitrogen and oxygen atoms in total. The van der Waals surface area contributed by atoms with E-state index in [4.69, 9.17) is 5.11 Å². The van der Waals surface area contributed by atoms with E-state index in [0.29, 0.717) is 5.57 Å². The fourth-order valence-electron chi connectivity index (χ4n) is 2.99. The van der Waals surface area contributed by atoms with Crippen LogP contribution in [0.5, 0.6) is 0 Å². The first-order valence-electron chi connectivity index (χ1n) is 8.28. The van der Waals surface area contributed by atoms with E-state index >= 15 is 0 Å². The number of nitrogens with zero attached hydrogens (tertiary/aromatic N) is 1. The highest BCUT2D eigenvalue weighted by Crippen LogP contribution is 2.35. The van der Waals surface area contributed by atoms with Gasteiger partial charge in [-0.2, -0.15) is 0 Å². The molecule has 4 rings (SSSR count). The lowest BCUT2D eigenvalue weighted by molar-refractivity contribution is -0.110. The summed E-state index contributed by atoms with van der Waals surface area (Å²) in [5, 5.41) is 25.3. The third-order valence-corrected chi connectivity index (χ3v) is 4.34. The summed E-state index contributed by atoms with van der Waals surface area (Å²) in [7, 11) is 0. The molecule has 3 aromatic rings. The molecule has 0 spiro atoms. The first-order chi connectivity index (χ1) is 12.7. The fourth-order valence-corrected chi connectivity index (χ4v) is 2.99. The molecular formula is C19H18N4O3. The van der Waals surface area contributed by atoms with Gasteiger partial charge in [-0.3, -0.25) is 4.79 Å². The number of aromatic amines is 1. The number of rotatable bonds is 5. The second-order valence-electron chi connectivity index (χ2n) is 6.13. The molecule has 1 amide bonds. The van der Waals surface area contributed by atoms with Crippen molar-refractivity contribution in [3.8, 4) is 0 Å². The van der Waals surface area contributed by atoms with Crippen molar-refractivity contribution in [3.05, 3.63) is 53.9 Å². The SMILES string of the molecule is O=C1Nc2ccc(NCC(O)CO)cc2/C1=C\c1c[nH]c2ncccc12. The predicted octanol–water partition coefficient (Wildman–Crippen LogP) is 1.82. The maximum Gasteiger partial charge on any atom is 0.256 e. The lowest BCUT2D eigenvalue weighted by Crippen LogP contribution is -2.22. The average Bonchev–Trinajstić information content (AvgIpc) is 3.21. The smallest absolute Gasteiger partial charge is 0.256 e. The number of aliphatic hydroxyl groups excluding tert-OH is 2. The molecule has 0 bridgehead atoms. The van der Waals surface area contributed by atoms with Gasteiger partial charge in [0.25, 0.3) is 5.91 Å². The standard InChI is InChI=1S/C19H18N4O3/c24-10-13(25)9-21-12-3-4-17-15(7-12)16(19(26)23-17)6-11-8-22-18-14(11)2-1-5-20-18/h1-8,13,21,24-25H,9-10H2,(H,20,22)(H,23,26)/b16-6+. The van der Waals surface area contributed by atoms with E-state index in [2.05, 4.69) is 20.6 Å². The summed E-state index contributed by atoms with van der Waals surface area (Å²) in [5.74, 6) is -0.161. The van der Waals surface area contributed by atoms with E-state index in [1.165, 1.54) is 0 Å². The molecule has 1 aliphatic heterocycles. The van der Waals surface area contributed by atoms with Gasteiger partial charge in [0.2, 0.25) is 0 Å². The molecule has 26 heavy (non-hydrogen) atoms. The molecule has 1 aliphatic rings. The molecule has 1 atom stereocenters. The predicted molar refractivity (Wildman–Crippen MR) is 101 cm³/mol. The van der Waals surface area contributed by atoms with Crippen LogP contribution in [0.15, 0.2) is 42.7 Å². The number of pyridine rings is 1. The summed E-state index contributed by atoms with van der Waals surface area (Å²) in [5.41, 5.74) is 4.52. The van der Waals surface area contributed by atoms with E-state index in [9.17, 15) is 9.90 Å². The average molecular weight is 350 g/mol. The monoisotopic (exact) mass is 350 g/mol. The zero-order chi connectivity index (χ0) is 18.1. The van der Waals surface area contributed by atoms with Gasteiger partial charge in [0.05, 0.1) is 12.7 Å². The van der Waals surface area contributed by atoms with Crippen LogP contribution >= 0.6 is 0 Å². The topological polar surface area (TPSA) is 110 Å². The molecule has 132 valence electrons. The third-order valence-electron chi connectivity index (χ3n) is 4.34. The van der Waals surface area contributed by atoms with Crippen LogP contribution in [0.3, 0.4) is 0 Å². The second-order valence-corrected chi connectivity index (χ2v) is 6.13. The van der Waals surface area contributed by atoms with Gasteiger partial charge in [-0.25, -0.2) is 4.98 Å². The number of benzene rings is 1. The van der Waals surface area contributed by atoms with Crippen LogP contribution in [0.25, 0.3) is 22.7 Å². The number of fused-ring (bicyclic) bond motifs is 2. The van der Waals surface area contributed by atoms with Gasteiger partial charge in [0, 0.05) is 52.4 Å². The van der Waals surface area contributed by atoms with Crippen LogP contribution < -0.4 is 10.6 Å². The Labute approximate surface area is 149 Å². The van der Waals surface area contributed by atoms with Gasteiger partial charge in [0.1, 0.15) is 5.65 Å². The van der Waals surface area contributed by atoms with Gasteiger partial charge >= 0.3 is 0 Å². The number of H-pyrrole nitrogens is 1. The molecule has 0 fully saturated rings. The number of aliphatic hydroxyl groups is 2. The Hall–Kier alpha value is -3.16. The Morgan fingerprint density at radius 2 is 2.19 bits per heavy atom. The Morgan fingerprint density at radius 3 is 3.04 bits per heavy atom. The van der Waals surface area contributed by atoms with Crippen molar-refractivity contribution in [1.82, 2.24) is 9.97 Å². The highest BCUT2D eigenvalue weighted by molar-refractivity contribution is 6.35. The van der Waals surface area contributed by atoms with Crippen LogP contribution in [0.4, 0.5) is 11.4 Å². The number of aromatic nitrogens is 2. The lowest BCUT2D eigenvalue weighted by atomic mass is 10.0. The summed E-state index contributed by atoms with van der Waals surface area (Å²) in [6, 6.07) is 9.30. The molecule has 0 radical (unpaired) electrons. The molecule has 2 aromatic heterocycles. The second kappa shape index (κ2) is 6.62. The molecule has 0 saturated heterocycles. The molecule has 0 saturated carbocycles. The van der Waals surface area contributed by atoms with E-state index in [1.54, 1.807) is 6.20 Å². The van der Waals surface area contributed by atoms with Crippen LogP contribution in [-0.4, -0.2) is 45.3 Å². The normalized spacial score (nSPS) is 15.9. The van der Waals surface area contributed by atoms with Crippen molar-refractivity contribution in [1.29, 1.82) is 0 Å². The number of carbonyl (C=O) groups is 1. The third kappa shape index (κ3) is 2.94. The van der Waals surface area contributed by atoms with Crippen LogP contribution in [0.1, 0.15) is 11.1 Å². The molecule has 3 heterocycles. The number of amides is 1. The summed E-state index contributed by atoms with van der Waals surface area (Å²) in [6.07, 6.45) is 4.55. The van der Waals surface area contributed by atoms with Gasteiger partial charge in [-0.15, -0.1) is 0 Å². The lowest BCUT2D eigenvalue weighted by Gasteiger charge is -2.11. The van der Waals surface area contributed by atoms with Crippen molar-refractivity contribution in [3.63, 3.8) is 0 Å². The zero-order valence-electron chi connectivity index (χ0n) is 13.9. The minimum absolute atomic E-state index is 0.161. The molecule has 0 aliphatic carbocycles. The van der Waals surface area contributed by atoms with E-state index < -0.39 is 6.10 Å². The summed E-state index contributed by atoms with van der Waals surface area (Å²) >= 11 is 0. The van der Waals surface area contributed by atoms with Crippen LogP contribution in [0.2, 0.25) is 0 Å². The maximum absolute atomic E-state index is 12.4. The minimum atomic E-state index is -0.836. The highest BCUT2D eigenvalue weighted by atomic mass is 16.3. The van der Waals surface area contributed by atoms with E-state index in [0.717, 1.165) is 33.5 Å². The van der Waals surface area contributed by atoms with Crippen molar-refractivity contribution < 1.29 is 15.0 Å². The molecule has 7 heteroatoms. The Balaban J connectivity index is 1.69. The zero-order valence-corrected chi connectivity index (χ0v) is 13.9. The Bertz CT molecular complexity index is 1010. The number of hydrogen-bond acceptors (Lipinski definition) is 5. The Morgan fingerprint density at radius 1 is 1.31 bits per heavy atom. The summed E-state index contributed by atoms with van der Waals surface area (Å²) < 4.78 is 0. The van der Waals surface area contributed by atoms with Gasteiger partial charge < -0.3 is 25.8 Å². The quantitative estimate of drug-likeness (QED) is 0.451. The van der Waals surface area contributed by atoms with E-state index in [-0.39, 0.29) is 19.1 Å². The summed E-state index contributed by atoms with van der Waals surface area (Å²) in [6.45, 7) is -0.0818. The fraction of sp³-hybridized carbons (Fsp3) is 0.158. The first-order valence-corrected chi connectivity index (χ1v) is 8.28.